The van der Waals surface area contributed by atoms with Crippen LogP contribution in [0, 0.1) is 12.8 Å². The predicted molar refractivity (Wildman–Crippen MR) is 121 cm³/mol. The highest BCUT2D eigenvalue weighted by atomic mass is 19.4. The normalized spacial score (nSPS) is 17.8. The molecule has 0 saturated carbocycles. The lowest BCUT2D eigenvalue weighted by Crippen LogP contribution is -2.31. The van der Waals surface area contributed by atoms with Crippen LogP contribution in [0.25, 0.3) is 0 Å². The molecule has 2 aliphatic heterocycles. The maximum Gasteiger partial charge on any atom is 0.573 e. The van der Waals surface area contributed by atoms with Gasteiger partial charge in [0.05, 0.1) is 0 Å². The Labute approximate surface area is 193 Å². The van der Waals surface area contributed by atoms with E-state index >= 15 is 0 Å². The van der Waals surface area contributed by atoms with Gasteiger partial charge in [0.1, 0.15) is 5.75 Å². The average molecular weight is 461 g/mol. The fraction of sp³-hybridized carbons (Fsp3) is 0.500. The van der Waals surface area contributed by atoms with Gasteiger partial charge in [-0.3, -0.25) is 4.79 Å². The van der Waals surface area contributed by atoms with Gasteiger partial charge in [0.15, 0.2) is 0 Å². The lowest BCUT2D eigenvalue weighted by Gasteiger charge is -2.31. The lowest BCUT2D eigenvalue weighted by molar-refractivity contribution is -0.274. The highest BCUT2D eigenvalue weighted by molar-refractivity contribution is 5.99. The fourth-order valence-electron chi connectivity index (χ4n) is 5.35. The van der Waals surface area contributed by atoms with Gasteiger partial charge in [-0.1, -0.05) is 37.6 Å². The van der Waals surface area contributed by atoms with Crippen molar-refractivity contribution in [2.45, 2.75) is 64.9 Å². The molecule has 4 nitrogen and oxygen atoms in total. The van der Waals surface area contributed by atoms with Gasteiger partial charge in [-0.05, 0) is 85.5 Å². The largest absolute Gasteiger partial charge is 0.573 e. The number of fused-ring (bicyclic) bond motifs is 1. The van der Waals surface area contributed by atoms with Crippen LogP contribution in [0.2, 0.25) is 0 Å². The summed E-state index contributed by atoms with van der Waals surface area (Å²) in [4.78, 5) is 14.9. The number of nitrogens with zero attached hydrogens (tertiary/aromatic N) is 1. The van der Waals surface area contributed by atoms with Gasteiger partial charge < -0.3 is 15.0 Å². The van der Waals surface area contributed by atoms with Gasteiger partial charge in [-0.2, -0.15) is 0 Å². The molecule has 2 heterocycles. The first kappa shape index (κ1) is 23.6. The first-order chi connectivity index (χ1) is 15.7. The molecule has 1 fully saturated rings. The first-order valence-corrected chi connectivity index (χ1v) is 11.7. The number of carbonyl (C=O) groups is 1. The topological polar surface area (TPSA) is 41.6 Å². The van der Waals surface area contributed by atoms with Crippen LogP contribution in [0.5, 0.6) is 5.75 Å². The first-order valence-electron chi connectivity index (χ1n) is 11.7. The number of halogens is 3. The Hall–Kier alpha value is -2.54. The van der Waals surface area contributed by atoms with E-state index in [2.05, 4.69) is 29.1 Å². The quantitative estimate of drug-likeness (QED) is 0.557. The van der Waals surface area contributed by atoms with E-state index in [4.69, 9.17) is 0 Å². The molecule has 7 heteroatoms. The molecule has 1 amide bonds. The van der Waals surface area contributed by atoms with Crippen molar-refractivity contribution in [3.63, 3.8) is 0 Å². The van der Waals surface area contributed by atoms with E-state index in [-0.39, 0.29) is 11.7 Å². The minimum Gasteiger partial charge on any atom is -0.406 e. The van der Waals surface area contributed by atoms with E-state index in [1.165, 1.54) is 30.5 Å². The average Bonchev–Trinajstić information content (AvgIpc) is 3.08. The number of benzene rings is 2. The summed E-state index contributed by atoms with van der Waals surface area (Å²) >= 11 is 0. The minimum atomic E-state index is -4.72. The molecule has 1 unspecified atom stereocenters. The zero-order valence-corrected chi connectivity index (χ0v) is 19.2. The zero-order valence-electron chi connectivity index (χ0n) is 19.2. The van der Waals surface area contributed by atoms with Crippen LogP contribution in [0.15, 0.2) is 36.4 Å². The second kappa shape index (κ2) is 9.75. The highest BCUT2D eigenvalue weighted by Crippen LogP contribution is 2.38. The van der Waals surface area contributed by atoms with Crippen molar-refractivity contribution in [2.24, 2.45) is 5.92 Å². The smallest absolute Gasteiger partial charge is 0.406 e. The van der Waals surface area contributed by atoms with Crippen LogP contribution >= 0.6 is 0 Å². The number of amides is 1. The van der Waals surface area contributed by atoms with Crippen molar-refractivity contribution in [3.05, 3.63) is 64.2 Å². The Kier molecular flexibility index (Phi) is 6.98. The molecule has 0 bridgehead atoms. The summed E-state index contributed by atoms with van der Waals surface area (Å²) < 4.78 is 41.1. The molecule has 0 spiro atoms. The zero-order chi connectivity index (χ0) is 23.6. The van der Waals surface area contributed by atoms with Gasteiger partial charge >= 0.3 is 6.36 Å². The maximum absolute atomic E-state index is 13.1. The van der Waals surface area contributed by atoms with Crippen molar-refractivity contribution in [3.8, 4) is 5.75 Å². The summed E-state index contributed by atoms with van der Waals surface area (Å²) in [6.07, 6.45) is -0.0797. The number of nitrogens with one attached hydrogen (secondary N) is 1. The lowest BCUT2D eigenvalue weighted by atomic mass is 9.77. The Morgan fingerprint density at radius 3 is 2.48 bits per heavy atom. The predicted octanol–water partition coefficient (Wildman–Crippen LogP) is 5.93. The van der Waals surface area contributed by atoms with Crippen LogP contribution in [-0.2, 0) is 13.1 Å². The van der Waals surface area contributed by atoms with Gasteiger partial charge in [0.2, 0.25) is 0 Å². The number of piperidine rings is 1. The van der Waals surface area contributed by atoms with Crippen molar-refractivity contribution in [1.29, 1.82) is 0 Å². The standard InChI is InChI=1S/C26H31F3N2O2/c1-3-4-23(19-9-11-30-12-10-19)20-13-17(2)24-21(14-20)16-31(25(24)32)15-18-5-7-22(8-6-18)33-26(27,28)29/h5-8,13-14,19,23,30H,3-4,9-12,15-16H2,1-2H3. The van der Waals surface area contributed by atoms with Gasteiger partial charge in [0.25, 0.3) is 5.91 Å². The number of hydrogen-bond acceptors (Lipinski definition) is 3. The Bertz CT molecular complexity index is 982. The van der Waals surface area contributed by atoms with Crippen LogP contribution in [-0.4, -0.2) is 30.3 Å². The van der Waals surface area contributed by atoms with Crippen LogP contribution < -0.4 is 10.1 Å². The number of alkyl halides is 3. The minimum absolute atomic E-state index is 0.0152. The number of aryl methyl sites for hydroxylation is 1. The van der Waals surface area contributed by atoms with Crippen LogP contribution in [0.4, 0.5) is 13.2 Å². The van der Waals surface area contributed by atoms with Gasteiger partial charge in [0, 0.05) is 18.7 Å². The molecule has 178 valence electrons. The number of carbonyl (C=O) groups excluding carboxylic acids is 1. The van der Waals surface area contributed by atoms with Gasteiger partial charge in [-0.25, -0.2) is 0 Å². The molecule has 1 saturated heterocycles. The van der Waals surface area contributed by atoms with E-state index in [1.54, 1.807) is 17.0 Å². The monoisotopic (exact) mass is 460 g/mol. The summed E-state index contributed by atoms with van der Waals surface area (Å²) in [5, 5.41) is 3.45. The molecule has 0 aliphatic carbocycles. The molecule has 0 radical (unpaired) electrons. The molecular weight excluding hydrogens is 429 g/mol. The van der Waals surface area contributed by atoms with E-state index in [0.29, 0.717) is 24.9 Å². The van der Waals surface area contributed by atoms with Crippen molar-refractivity contribution >= 4 is 5.91 Å². The molecule has 1 atom stereocenters. The molecule has 4 rings (SSSR count). The molecule has 33 heavy (non-hydrogen) atoms. The highest BCUT2D eigenvalue weighted by Gasteiger charge is 2.33. The van der Waals surface area contributed by atoms with E-state index in [0.717, 1.165) is 48.2 Å². The van der Waals surface area contributed by atoms with Crippen LogP contribution in [0.3, 0.4) is 0 Å². The summed E-state index contributed by atoms with van der Waals surface area (Å²) in [5.41, 5.74) is 4.95. The molecule has 1 N–H and O–H groups in total. The summed E-state index contributed by atoms with van der Waals surface area (Å²) in [7, 11) is 0. The van der Waals surface area contributed by atoms with E-state index < -0.39 is 6.36 Å². The molecule has 2 aromatic rings. The Morgan fingerprint density at radius 1 is 1.15 bits per heavy atom. The van der Waals surface area contributed by atoms with Gasteiger partial charge in [-0.15, -0.1) is 13.2 Å². The summed E-state index contributed by atoms with van der Waals surface area (Å²) in [6.45, 7) is 7.24. The number of hydrogen-bond donors (Lipinski definition) is 1. The third-order valence-corrected chi connectivity index (χ3v) is 6.81. The SMILES string of the molecule is CCCC(c1cc(C)c2c(c1)CN(Cc1ccc(OC(F)(F)F)cc1)C2=O)C1CCNCC1. The second-order valence-corrected chi connectivity index (χ2v) is 9.21. The van der Waals surface area contributed by atoms with Crippen LogP contribution in [0.1, 0.15) is 71.1 Å². The summed E-state index contributed by atoms with van der Waals surface area (Å²) in [5.74, 6) is 0.891. The number of rotatable bonds is 7. The number of ether oxygens (including phenoxy) is 1. The maximum atomic E-state index is 13.1. The molecule has 2 aliphatic rings. The fourth-order valence-corrected chi connectivity index (χ4v) is 5.35. The molecule has 0 aromatic heterocycles. The van der Waals surface area contributed by atoms with Crippen molar-refractivity contribution in [2.75, 3.05) is 13.1 Å². The second-order valence-electron chi connectivity index (χ2n) is 9.21. The van der Waals surface area contributed by atoms with Crippen molar-refractivity contribution in [1.82, 2.24) is 10.2 Å². The molecular formula is C26H31F3N2O2. The Morgan fingerprint density at radius 2 is 1.85 bits per heavy atom. The third kappa shape index (κ3) is 5.52. The van der Waals surface area contributed by atoms with E-state index in [1.807, 2.05) is 6.92 Å². The molecule has 2 aromatic carbocycles. The summed E-state index contributed by atoms with van der Waals surface area (Å²) in [6, 6.07) is 10.1. The van der Waals surface area contributed by atoms with Crippen molar-refractivity contribution < 1.29 is 22.7 Å². The third-order valence-electron chi connectivity index (χ3n) is 6.81. The van der Waals surface area contributed by atoms with E-state index in [9.17, 15) is 18.0 Å². The Balaban J connectivity index is 1.51.